The predicted octanol–water partition coefficient (Wildman–Crippen LogP) is 1.46. The van der Waals surface area contributed by atoms with Crippen LogP contribution in [0, 0.1) is 0 Å². The summed E-state index contributed by atoms with van der Waals surface area (Å²) in [4.78, 5) is 34.4. The van der Waals surface area contributed by atoms with Crippen molar-refractivity contribution < 1.29 is 42.4 Å². The molecule has 24 heavy (non-hydrogen) atoms. The fourth-order valence-electron chi connectivity index (χ4n) is 1.47. The second-order valence-electron chi connectivity index (χ2n) is 4.27. The number of rotatable bonds is 8. The lowest BCUT2D eigenvalue weighted by Gasteiger charge is -2.21. The fraction of sp³-hybridized carbons (Fsp3) is 0.308. The zero-order valence-corrected chi connectivity index (χ0v) is 13.5. The van der Waals surface area contributed by atoms with E-state index in [0.29, 0.717) is 12.2 Å². The first kappa shape index (κ1) is 19.6. The lowest BCUT2D eigenvalue weighted by Crippen LogP contribution is -2.34. The van der Waals surface area contributed by atoms with E-state index < -0.39 is 25.9 Å². The number of amides is 1. The minimum absolute atomic E-state index is 0.0385. The highest BCUT2D eigenvalue weighted by Crippen LogP contribution is 2.54. The SMILES string of the molecule is C=CCN(CC(=C)OP1(=O)OCCO1)C(=O)OC(=O)C=CC(=O)O. The maximum atomic E-state index is 11.9. The number of carbonyl (C=O) groups excluding carboxylic acids is 2. The standard InChI is InChI=1S/C13H16NO9P/c1-3-6-14(13(18)22-12(17)5-4-11(15)16)9-10(2)23-24(19)20-7-8-21-24/h3-5H,1-2,6-9H2,(H,15,16). The number of aliphatic carboxylic acids is 1. The molecule has 0 aromatic heterocycles. The van der Waals surface area contributed by atoms with Crippen LogP contribution in [-0.4, -0.2) is 54.3 Å². The number of phosphoric ester groups is 1. The lowest BCUT2D eigenvalue weighted by molar-refractivity contribution is -0.134. The molecule has 1 aliphatic heterocycles. The highest BCUT2D eigenvalue weighted by Gasteiger charge is 2.34. The van der Waals surface area contributed by atoms with Crippen molar-refractivity contribution in [1.82, 2.24) is 4.90 Å². The molecule has 0 aromatic rings. The van der Waals surface area contributed by atoms with Gasteiger partial charge in [0.05, 0.1) is 19.8 Å². The van der Waals surface area contributed by atoms with Crippen LogP contribution in [0.25, 0.3) is 0 Å². The van der Waals surface area contributed by atoms with Crippen molar-refractivity contribution in [3.05, 3.63) is 37.1 Å². The Hall–Kier alpha value is -2.42. The number of carbonyl (C=O) groups is 3. The van der Waals surface area contributed by atoms with Gasteiger partial charge >= 0.3 is 25.9 Å². The summed E-state index contributed by atoms with van der Waals surface area (Å²) < 4.78 is 30.9. The summed E-state index contributed by atoms with van der Waals surface area (Å²) in [5, 5.41) is 8.39. The highest BCUT2D eigenvalue weighted by atomic mass is 31.2. The molecule has 1 rings (SSSR count). The number of hydrogen-bond donors (Lipinski definition) is 1. The van der Waals surface area contributed by atoms with Crippen LogP contribution in [0.2, 0.25) is 0 Å². The number of hydrogen-bond acceptors (Lipinski definition) is 8. The van der Waals surface area contributed by atoms with Crippen molar-refractivity contribution in [3.8, 4) is 0 Å². The number of nitrogens with zero attached hydrogens (tertiary/aromatic N) is 1. The van der Waals surface area contributed by atoms with Crippen molar-refractivity contribution in [3.63, 3.8) is 0 Å². The first-order valence-corrected chi connectivity index (χ1v) is 8.01. The van der Waals surface area contributed by atoms with Gasteiger partial charge in [-0.1, -0.05) is 12.7 Å². The minimum Gasteiger partial charge on any atom is -0.478 e. The molecule has 1 amide bonds. The van der Waals surface area contributed by atoms with E-state index in [1.807, 2.05) is 0 Å². The van der Waals surface area contributed by atoms with E-state index in [0.717, 1.165) is 4.90 Å². The quantitative estimate of drug-likeness (QED) is 0.171. The molecule has 11 heteroatoms. The maximum Gasteiger partial charge on any atom is 0.529 e. The van der Waals surface area contributed by atoms with Gasteiger partial charge in [0, 0.05) is 18.7 Å². The number of ether oxygens (including phenoxy) is 1. The molecule has 0 radical (unpaired) electrons. The average molecular weight is 361 g/mol. The molecule has 1 aliphatic rings. The monoisotopic (exact) mass is 361 g/mol. The third-order valence-electron chi connectivity index (χ3n) is 2.35. The van der Waals surface area contributed by atoms with Crippen LogP contribution in [0.4, 0.5) is 4.79 Å². The number of carboxylic acid groups (broad SMARTS) is 1. The molecule has 10 nitrogen and oxygen atoms in total. The summed E-state index contributed by atoms with van der Waals surface area (Å²) >= 11 is 0. The Kier molecular flexibility index (Phi) is 7.37. The van der Waals surface area contributed by atoms with Gasteiger partial charge < -0.3 is 14.4 Å². The summed E-state index contributed by atoms with van der Waals surface area (Å²) in [6.45, 7) is 6.83. The second kappa shape index (κ2) is 9.02. The third-order valence-corrected chi connectivity index (χ3v) is 3.83. The molecule has 132 valence electrons. The van der Waals surface area contributed by atoms with Gasteiger partial charge in [-0.05, 0) is 0 Å². The van der Waals surface area contributed by atoms with Crippen LogP contribution in [0.3, 0.4) is 0 Å². The lowest BCUT2D eigenvalue weighted by atomic mass is 10.4. The minimum atomic E-state index is -3.73. The van der Waals surface area contributed by atoms with Crippen molar-refractivity contribution in [2.24, 2.45) is 0 Å². The summed E-state index contributed by atoms with van der Waals surface area (Å²) in [5.41, 5.74) is 0. The molecule has 1 fully saturated rings. The maximum absolute atomic E-state index is 11.9. The van der Waals surface area contributed by atoms with Crippen molar-refractivity contribution >= 4 is 25.9 Å². The van der Waals surface area contributed by atoms with Gasteiger partial charge in [-0.3, -0.25) is 13.9 Å². The predicted molar refractivity (Wildman–Crippen MR) is 79.8 cm³/mol. The molecule has 1 N–H and O–H groups in total. The van der Waals surface area contributed by atoms with Crippen molar-refractivity contribution in [1.29, 1.82) is 0 Å². The van der Waals surface area contributed by atoms with E-state index in [1.165, 1.54) is 6.08 Å². The van der Waals surface area contributed by atoms with Crippen LogP contribution in [0.1, 0.15) is 0 Å². The van der Waals surface area contributed by atoms with E-state index in [1.54, 1.807) is 0 Å². The van der Waals surface area contributed by atoms with Gasteiger partial charge in [-0.25, -0.2) is 18.9 Å². The van der Waals surface area contributed by atoms with Gasteiger partial charge in [0.1, 0.15) is 5.76 Å². The van der Waals surface area contributed by atoms with Gasteiger partial charge in [-0.15, -0.1) is 6.58 Å². The first-order chi connectivity index (χ1) is 11.3. The van der Waals surface area contributed by atoms with Crippen LogP contribution in [-0.2, 0) is 32.5 Å². The van der Waals surface area contributed by atoms with E-state index in [9.17, 15) is 18.9 Å². The smallest absolute Gasteiger partial charge is 0.478 e. The molecular formula is C13H16NO9P. The van der Waals surface area contributed by atoms with Gasteiger partial charge in [0.2, 0.25) is 0 Å². The first-order valence-electron chi connectivity index (χ1n) is 6.55. The van der Waals surface area contributed by atoms with E-state index in [4.69, 9.17) is 18.7 Å². The summed E-state index contributed by atoms with van der Waals surface area (Å²) in [5.74, 6) is -2.66. The van der Waals surface area contributed by atoms with Gasteiger partial charge in [0.15, 0.2) is 0 Å². The van der Waals surface area contributed by atoms with Gasteiger partial charge in [0.25, 0.3) is 0 Å². The van der Waals surface area contributed by atoms with Crippen LogP contribution in [0.5, 0.6) is 0 Å². The largest absolute Gasteiger partial charge is 0.529 e. The summed E-state index contributed by atoms with van der Waals surface area (Å²) in [6, 6.07) is 0. The Morgan fingerprint density at radius 3 is 2.42 bits per heavy atom. The molecule has 0 bridgehead atoms. The topological polar surface area (TPSA) is 129 Å². The Labute approximate surface area is 137 Å². The van der Waals surface area contributed by atoms with E-state index in [-0.39, 0.29) is 32.1 Å². The Balaban J connectivity index is 2.61. The van der Waals surface area contributed by atoms with Crippen LogP contribution < -0.4 is 0 Å². The molecular weight excluding hydrogens is 345 g/mol. The summed E-state index contributed by atoms with van der Waals surface area (Å²) in [7, 11) is -3.73. The average Bonchev–Trinajstić information content (AvgIpc) is 2.90. The number of phosphoric acid groups is 1. The number of esters is 1. The molecule has 0 spiro atoms. The van der Waals surface area contributed by atoms with E-state index in [2.05, 4.69) is 17.9 Å². The van der Waals surface area contributed by atoms with E-state index >= 15 is 0 Å². The Bertz CT molecular complexity index is 603. The van der Waals surface area contributed by atoms with Crippen molar-refractivity contribution in [2.75, 3.05) is 26.3 Å². The molecule has 0 aliphatic carbocycles. The van der Waals surface area contributed by atoms with Crippen LogP contribution in [0.15, 0.2) is 37.1 Å². The number of carboxylic acids is 1. The Morgan fingerprint density at radius 1 is 1.25 bits per heavy atom. The molecule has 0 aromatic carbocycles. The molecule has 1 heterocycles. The molecule has 0 saturated carbocycles. The zero-order chi connectivity index (χ0) is 18.2. The Morgan fingerprint density at radius 2 is 1.88 bits per heavy atom. The van der Waals surface area contributed by atoms with Gasteiger partial charge in [-0.2, -0.15) is 0 Å². The second-order valence-corrected chi connectivity index (χ2v) is 5.86. The molecule has 0 atom stereocenters. The molecule has 1 saturated heterocycles. The third kappa shape index (κ3) is 6.78. The zero-order valence-electron chi connectivity index (χ0n) is 12.6. The highest BCUT2D eigenvalue weighted by molar-refractivity contribution is 7.48. The summed E-state index contributed by atoms with van der Waals surface area (Å²) in [6.07, 6.45) is 1.36. The fourth-order valence-corrected chi connectivity index (χ4v) is 2.62. The molecule has 0 unspecified atom stereocenters. The normalized spacial score (nSPS) is 15.7. The van der Waals surface area contributed by atoms with Crippen LogP contribution >= 0.6 is 7.82 Å². The van der Waals surface area contributed by atoms with Crippen molar-refractivity contribution in [2.45, 2.75) is 0 Å².